The van der Waals surface area contributed by atoms with Crippen LogP contribution < -0.4 is 15.6 Å². The smallest absolute Gasteiger partial charge is 0.278 e. The Labute approximate surface area is 207 Å². The van der Waals surface area contributed by atoms with Gasteiger partial charge < -0.3 is 20.0 Å². The molecular formula is C27H28N4O3S. The van der Waals surface area contributed by atoms with Crippen LogP contribution in [-0.2, 0) is 6.54 Å². The highest BCUT2D eigenvalue weighted by atomic mass is 32.1. The lowest BCUT2D eigenvalue weighted by Crippen LogP contribution is -2.25. The number of rotatable bonds is 7. The summed E-state index contributed by atoms with van der Waals surface area (Å²) in [6.45, 7) is 0.951. The molecule has 8 heteroatoms. The van der Waals surface area contributed by atoms with Crippen LogP contribution in [0.1, 0.15) is 48.0 Å². The number of fused-ring (bicyclic) bond motifs is 3. The SMILES string of the molecule is COc1ccc2[nH]c3c(=O)n(Cc4ccc(C(=O)NCCC5=CCCCC5)cc4)c(=S)[nH]c3c2c1. The maximum absolute atomic E-state index is 13.2. The standard InChI is InChI=1S/C27H28N4O3S/c1-34-20-11-12-22-21(15-20)23-24(29-22)26(33)31(27(35)30-23)16-18-7-9-19(10-8-18)25(32)28-14-13-17-5-3-2-4-6-17/h5,7-12,15,29H,2-4,6,13-14,16H2,1H3,(H,28,32)(H,30,35). The van der Waals surface area contributed by atoms with Crippen LogP contribution in [0.5, 0.6) is 5.75 Å². The summed E-state index contributed by atoms with van der Waals surface area (Å²) < 4.78 is 7.17. The van der Waals surface area contributed by atoms with Crippen molar-refractivity contribution in [1.29, 1.82) is 0 Å². The molecule has 2 aromatic heterocycles. The van der Waals surface area contributed by atoms with Crippen LogP contribution in [0.25, 0.3) is 21.9 Å². The number of benzene rings is 2. The Hall–Kier alpha value is -3.65. The van der Waals surface area contributed by atoms with Crippen molar-refractivity contribution in [2.45, 2.75) is 38.6 Å². The number of carbonyl (C=O) groups excluding carboxylic acids is 1. The van der Waals surface area contributed by atoms with Crippen molar-refractivity contribution in [2.24, 2.45) is 0 Å². The summed E-state index contributed by atoms with van der Waals surface area (Å²) in [6, 6.07) is 12.9. The normalized spacial score (nSPS) is 13.7. The highest BCUT2D eigenvalue weighted by Crippen LogP contribution is 2.26. The zero-order valence-electron chi connectivity index (χ0n) is 19.6. The molecule has 180 valence electrons. The van der Waals surface area contributed by atoms with Crippen LogP contribution in [0, 0.1) is 4.77 Å². The van der Waals surface area contributed by atoms with Gasteiger partial charge in [0.15, 0.2) is 4.77 Å². The molecule has 0 aliphatic heterocycles. The van der Waals surface area contributed by atoms with Crippen molar-refractivity contribution in [2.75, 3.05) is 13.7 Å². The molecule has 0 radical (unpaired) electrons. The van der Waals surface area contributed by atoms with Crippen molar-refractivity contribution in [3.8, 4) is 5.75 Å². The number of aromatic nitrogens is 3. The number of allylic oxidation sites excluding steroid dienone is 1. The van der Waals surface area contributed by atoms with Crippen molar-refractivity contribution >= 4 is 40.1 Å². The fraction of sp³-hybridized carbons (Fsp3) is 0.296. The summed E-state index contributed by atoms with van der Waals surface area (Å²) in [5.41, 5.74) is 4.69. The summed E-state index contributed by atoms with van der Waals surface area (Å²) in [4.78, 5) is 32.2. The number of amides is 1. The van der Waals surface area contributed by atoms with E-state index in [9.17, 15) is 9.59 Å². The molecule has 0 saturated carbocycles. The van der Waals surface area contributed by atoms with Gasteiger partial charge in [-0.05, 0) is 80.2 Å². The van der Waals surface area contributed by atoms with Gasteiger partial charge in [-0.3, -0.25) is 14.2 Å². The second-order valence-corrected chi connectivity index (χ2v) is 9.31. The largest absolute Gasteiger partial charge is 0.497 e. The van der Waals surface area contributed by atoms with Crippen LogP contribution in [0.4, 0.5) is 0 Å². The predicted molar refractivity (Wildman–Crippen MR) is 141 cm³/mol. The molecule has 2 heterocycles. The third-order valence-corrected chi connectivity index (χ3v) is 6.94. The third-order valence-electron chi connectivity index (χ3n) is 6.62. The molecule has 4 aromatic rings. The molecule has 3 N–H and O–H groups in total. The second kappa shape index (κ2) is 9.92. The minimum Gasteiger partial charge on any atom is -0.497 e. The number of H-pyrrole nitrogens is 2. The first-order chi connectivity index (χ1) is 17.0. The van der Waals surface area contributed by atoms with E-state index in [1.165, 1.54) is 23.0 Å². The van der Waals surface area contributed by atoms with Crippen molar-refractivity contribution in [3.05, 3.63) is 80.4 Å². The van der Waals surface area contributed by atoms with Gasteiger partial charge in [-0.15, -0.1) is 0 Å². The zero-order valence-corrected chi connectivity index (χ0v) is 20.5. The second-order valence-electron chi connectivity index (χ2n) is 8.92. The van der Waals surface area contributed by atoms with Gasteiger partial charge in [0.25, 0.3) is 11.5 Å². The zero-order chi connectivity index (χ0) is 24.4. The predicted octanol–water partition coefficient (Wildman–Crippen LogP) is 5.22. The summed E-state index contributed by atoms with van der Waals surface area (Å²) in [6.07, 6.45) is 8.03. The molecule has 0 spiro atoms. The fourth-order valence-corrected chi connectivity index (χ4v) is 4.90. The Kier molecular flexibility index (Phi) is 6.55. The summed E-state index contributed by atoms with van der Waals surface area (Å²) in [5, 5.41) is 3.86. The molecule has 0 atom stereocenters. The van der Waals surface area contributed by atoms with E-state index in [4.69, 9.17) is 17.0 Å². The van der Waals surface area contributed by atoms with Crippen LogP contribution in [0.15, 0.2) is 58.9 Å². The van der Waals surface area contributed by atoms with E-state index in [-0.39, 0.29) is 11.5 Å². The molecular weight excluding hydrogens is 460 g/mol. The number of aromatic amines is 2. The van der Waals surface area contributed by atoms with Gasteiger partial charge in [0.05, 0.1) is 19.2 Å². The average Bonchev–Trinajstić information content (AvgIpc) is 3.25. The van der Waals surface area contributed by atoms with Gasteiger partial charge >= 0.3 is 0 Å². The molecule has 5 rings (SSSR count). The monoisotopic (exact) mass is 488 g/mol. The average molecular weight is 489 g/mol. The molecule has 1 aliphatic rings. The highest BCUT2D eigenvalue weighted by molar-refractivity contribution is 7.71. The summed E-state index contributed by atoms with van der Waals surface area (Å²) >= 11 is 5.52. The maximum Gasteiger partial charge on any atom is 0.278 e. The van der Waals surface area contributed by atoms with Crippen LogP contribution in [0.3, 0.4) is 0 Å². The molecule has 0 bridgehead atoms. The number of hydrogen-bond acceptors (Lipinski definition) is 4. The molecule has 1 amide bonds. The Morgan fingerprint density at radius 1 is 1.11 bits per heavy atom. The highest BCUT2D eigenvalue weighted by Gasteiger charge is 2.13. The number of methoxy groups -OCH3 is 1. The van der Waals surface area contributed by atoms with E-state index in [0.717, 1.165) is 35.7 Å². The van der Waals surface area contributed by atoms with Gasteiger partial charge in [0.2, 0.25) is 0 Å². The lowest BCUT2D eigenvalue weighted by atomic mass is 9.97. The molecule has 35 heavy (non-hydrogen) atoms. The Morgan fingerprint density at radius 3 is 2.69 bits per heavy atom. The molecule has 0 saturated heterocycles. The van der Waals surface area contributed by atoms with E-state index in [0.29, 0.717) is 40.2 Å². The number of carbonyl (C=O) groups is 1. The number of nitrogens with one attached hydrogen (secondary N) is 3. The first-order valence-corrected chi connectivity index (χ1v) is 12.3. The van der Waals surface area contributed by atoms with Crippen LogP contribution in [-0.4, -0.2) is 34.1 Å². The topological polar surface area (TPSA) is 91.9 Å². The Morgan fingerprint density at radius 2 is 1.94 bits per heavy atom. The van der Waals surface area contributed by atoms with E-state index in [2.05, 4.69) is 21.4 Å². The van der Waals surface area contributed by atoms with Crippen LogP contribution >= 0.6 is 12.2 Å². The fourth-order valence-electron chi connectivity index (χ4n) is 4.65. The molecule has 1 aliphatic carbocycles. The van der Waals surface area contributed by atoms with Crippen LogP contribution in [0.2, 0.25) is 0 Å². The summed E-state index contributed by atoms with van der Waals surface area (Å²) in [7, 11) is 1.61. The van der Waals surface area contributed by atoms with E-state index < -0.39 is 0 Å². The minimum absolute atomic E-state index is 0.0858. The van der Waals surface area contributed by atoms with E-state index in [1.54, 1.807) is 19.2 Å². The number of ether oxygens (including phenoxy) is 1. The Balaban J connectivity index is 1.32. The lowest BCUT2D eigenvalue weighted by molar-refractivity contribution is 0.0954. The van der Waals surface area contributed by atoms with Crippen molar-refractivity contribution in [3.63, 3.8) is 0 Å². The molecule has 2 aromatic carbocycles. The minimum atomic E-state index is -0.197. The third kappa shape index (κ3) is 4.79. The number of hydrogen-bond donors (Lipinski definition) is 3. The van der Waals surface area contributed by atoms with E-state index in [1.807, 2.05) is 30.3 Å². The van der Waals surface area contributed by atoms with Gasteiger partial charge in [-0.2, -0.15) is 0 Å². The molecule has 0 unspecified atom stereocenters. The first kappa shape index (κ1) is 23.1. The van der Waals surface area contributed by atoms with Gasteiger partial charge in [-0.1, -0.05) is 23.8 Å². The van der Waals surface area contributed by atoms with Gasteiger partial charge in [-0.25, -0.2) is 0 Å². The van der Waals surface area contributed by atoms with Crippen molar-refractivity contribution in [1.82, 2.24) is 19.9 Å². The van der Waals surface area contributed by atoms with Crippen molar-refractivity contribution < 1.29 is 9.53 Å². The lowest BCUT2D eigenvalue weighted by Gasteiger charge is -2.13. The molecule has 7 nitrogen and oxygen atoms in total. The maximum atomic E-state index is 13.2. The van der Waals surface area contributed by atoms with Gasteiger partial charge in [0, 0.05) is 23.0 Å². The quantitative estimate of drug-likeness (QED) is 0.246. The van der Waals surface area contributed by atoms with E-state index >= 15 is 0 Å². The Bertz CT molecular complexity index is 1540. The van der Waals surface area contributed by atoms with Gasteiger partial charge in [0.1, 0.15) is 11.3 Å². The summed E-state index contributed by atoms with van der Waals surface area (Å²) in [5.74, 6) is 0.620. The first-order valence-electron chi connectivity index (χ1n) is 11.9. The number of nitrogens with zero attached hydrogens (tertiary/aromatic N) is 1. The molecule has 0 fully saturated rings.